The summed E-state index contributed by atoms with van der Waals surface area (Å²) in [6, 6.07) is 16.5. The summed E-state index contributed by atoms with van der Waals surface area (Å²) >= 11 is 2.96. The number of Topliss-reactive ketones (excluding diaryl/α,β-unsaturated/α-hetero) is 1. The van der Waals surface area contributed by atoms with E-state index in [9.17, 15) is 9.59 Å². The molecule has 3 aromatic rings. The summed E-state index contributed by atoms with van der Waals surface area (Å²) in [5.41, 5.74) is 0.698. The summed E-state index contributed by atoms with van der Waals surface area (Å²) in [5.74, 6) is 1.02. The fourth-order valence-electron chi connectivity index (χ4n) is 2.28. The van der Waals surface area contributed by atoms with Crippen LogP contribution in [-0.2, 0) is 6.54 Å². The molecule has 2 aromatic heterocycles. The van der Waals surface area contributed by atoms with E-state index in [-0.39, 0.29) is 5.78 Å². The second-order valence-corrected chi connectivity index (χ2v) is 7.63. The zero-order valence-corrected chi connectivity index (χ0v) is 16.1. The monoisotopic (exact) mass is 398 g/mol. The lowest BCUT2D eigenvalue weighted by molar-refractivity contribution is 0.0989. The van der Waals surface area contributed by atoms with E-state index in [1.165, 1.54) is 11.8 Å². The number of benzene rings is 1. The summed E-state index contributed by atoms with van der Waals surface area (Å²) in [6.45, 7) is 0.421. The second-order valence-electron chi connectivity index (χ2n) is 5.52. The number of amides is 1. The molecule has 0 saturated carbocycles. The van der Waals surface area contributed by atoms with Crippen LogP contribution in [0.4, 0.5) is 4.79 Å². The number of aromatic nitrogens is 1. The van der Waals surface area contributed by atoms with Gasteiger partial charge >= 0.3 is 6.09 Å². The van der Waals surface area contributed by atoms with Crippen LogP contribution in [0.1, 0.15) is 21.7 Å². The molecule has 0 fully saturated rings. The first-order chi connectivity index (χ1) is 13.2. The van der Waals surface area contributed by atoms with E-state index in [1.807, 2.05) is 35.7 Å². The molecule has 0 aliphatic rings. The Bertz CT molecular complexity index is 883. The maximum Gasteiger partial charge on any atom is 0.412 e. The minimum atomic E-state index is -0.529. The van der Waals surface area contributed by atoms with Gasteiger partial charge in [0, 0.05) is 28.8 Å². The van der Waals surface area contributed by atoms with Crippen LogP contribution in [0, 0.1) is 0 Å². The average Bonchev–Trinajstić information content (AvgIpc) is 3.22. The molecule has 0 aliphatic carbocycles. The lowest BCUT2D eigenvalue weighted by Crippen LogP contribution is -2.26. The third-order valence-electron chi connectivity index (χ3n) is 3.59. The van der Waals surface area contributed by atoms with Gasteiger partial charge in [0.2, 0.25) is 0 Å². The summed E-state index contributed by atoms with van der Waals surface area (Å²) < 4.78 is 5.37. The predicted molar refractivity (Wildman–Crippen MR) is 108 cm³/mol. The number of carbonyl (C=O) groups is 2. The van der Waals surface area contributed by atoms with Crippen molar-refractivity contribution in [1.82, 2.24) is 10.3 Å². The second kappa shape index (κ2) is 9.89. The number of hydrogen-bond donors (Lipinski definition) is 1. The van der Waals surface area contributed by atoms with Crippen LogP contribution in [-0.4, -0.2) is 22.6 Å². The molecule has 0 spiro atoms. The van der Waals surface area contributed by atoms with Crippen LogP contribution in [0.2, 0.25) is 0 Å². The highest BCUT2D eigenvalue weighted by molar-refractivity contribution is 7.99. The van der Waals surface area contributed by atoms with Crippen LogP contribution < -0.4 is 10.1 Å². The lowest BCUT2D eigenvalue weighted by Gasteiger charge is -2.09. The molecule has 1 N–H and O–H groups in total. The number of pyridine rings is 1. The number of hydrogen-bond acceptors (Lipinski definition) is 6. The van der Waals surface area contributed by atoms with Gasteiger partial charge in [-0.05, 0) is 23.6 Å². The molecule has 27 heavy (non-hydrogen) atoms. The maximum absolute atomic E-state index is 12.2. The standard InChI is InChI=1S/C20H18N2O3S2/c23-17(15-6-2-1-3-7-15)10-13-27-19-18(9-4-11-21-19)25-20(24)22-14-16-8-5-12-26-16/h1-9,11-12H,10,13-14H2,(H,22,24). The average molecular weight is 399 g/mol. The van der Waals surface area contributed by atoms with Crippen molar-refractivity contribution in [2.24, 2.45) is 0 Å². The number of nitrogens with zero attached hydrogens (tertiary/aromatic N) is 1. The molecule has 1 aromatic carbocycles. The van der Waals surface area contributed by atoms with Gasteiger partial charge in [-0.3, -0.25) is 4.79 Å². The highest BCUT2D eigenvalue weighted by Crippen LogP contribution is 2.27. The first-order valence-corrected chi connectivity index (χ1v) is 10.2. The number of thiophene rings is 1. The molecule has 3 rings (SSSR count). The number of ketones is 1. The Labute approximate surface area is 165 Å². The minimum Gasteiger partial charge on any atom is -0.407 e. The van der Waals surface area contributed by atoms with Crippen molar-refractivity contribution in [3.05, 3.63) is 76.6 Å². The van der Waals surface area contributed by atoms with Gasteiger partial charge in [-0.1, -0.05) is 36.4 Å². The van der Waals surface area contributed by atoms with E-state index in [2.05, 4.69) is 10.3 Å². The van der Waals surface area contributed by atoms with Gasteiger partial charge in [-0.2, -0.15) is 0 Å². The Morgan fingerprint density at radius 3 is 2.70 bits per heavy atom. The first kappa shape index (κ1) is 19.1. The molecule has 0 radical (unpaired) electrons. The Morgan fingerprint density at radius 2 is 1.93 bits per heavy atom. The third kappa shape index (κ3) is 5.94. The smallest absolute Gasteiger partial charge is 0.407 e. The van der Waals surface area contributed by atoms with Gasteiger partial charge in [-0.15, -0.1) is 23.1 Å². The molecular weight excluding hydrogens is 380 g/mol. The van der Waals surface area contributed by atoms with Crippen LogP contribution in [0.3, 0.4) is 0 Å². The number of rotatable bonds is 8. The third-order valence-corrected chi connectivity index (χ3v) is 5.45. The van der Waals surface area contributed by atoms with E-state index in [1.54, 1.807) is 41.8 Å². The molecule has 0 aliphatic heterocycles. The normalized spacial score (nSPS) is 10.4. The molecule has 0 unspecified atom stereocenters. The van der Waals surface area contributed by atoms with Crippen LogP contribution >= 0.6 is 23.1 Å². The molecule has 138 valence electrons. The Hall–Kier alpha value is -2.64. The van der Waals surface area contributed by atoms with Crippen molar-refractivity contribution in [3.8, 4) is 5.75 Å². The highest BCUT2D eigenvalue weighted by Gasteiger charge is 2.12. The van der Waals surface area contributed by atoms with Gasteiger partial charge < -0.3 is 10.1 Å². The largest absolute Gasteiger partial charge is 0.412 e. The van der Waals surface area contributed by atoms with Crippen molar-refractivity contribution < 1.29 is 14.3 Å². The highest BCUT2D eigenvalue weighted by atomic mass is 32.2. The Balaban J connectivity index is 1.51. The molecule has 5 nitrogen and oxygen atoms in total. The first-order valence-electron chi connectivity index (χ1n) is 8.36. The zero-order chi connectivity index (χ0) is 18.9. The van der Waals surface area contributed by atoms with Crippen molar-refractivity contribution >= 4 is 35.0 Å². The van der Waals surface area contributed by atoms with E-state index in [4.69, 9.17) is 4.74 Å². The lowest BCUT2D eigenvalue weighted by atomic mass is 10.1. The number of ether oxygens (including phenoxy) is 1. The molecule has 0 bridgehead atoms. The van der Waals surface area contributed by atoms with E-state index in [0.717, 1.165) is 4.88 Å². The summed E-state index contributed by atoms with van der Waals surface area (Å²) in [6.07, 6.45) is 1.49. The fraction of sp³-hybridized carbons (Fsp3) is 0.150. The summed E-state index contributed by atoms with van der Waals surface area (Å²) in [4.78, 5) is 29.5. The molecule has 0 saturated heterocycles. The minimum absolute atomic E-state index is 0.0789. The SMILES string of the molecule is O=C(NCc1cccs1)Oc1cccnc1SCCC(=O)c1ccccc1. The summed E-state index contributed by atoms with van der Waals surface area (Å²) in [5, 5.41) is 5.26. The van der Waals surface area contributed by atoms with E-state index >= 15 is 0 Å². The quantitative estimate of drug-likeness (QED) is 0.436. The van der Waals surface area contributed by atoms with Crippen molar-refractivity contribution in [2.75, 3.05) is 5.75 Å². The molecule has 2 heterocycles. The number of carbonyl (C=O) groups excluding carboxylic acids is 2. The van der Waals surface area contributed by atoms with Gasteiger partial charge in [0.15, 0.2) is 11.5 Å². The molecule has 7 heteroatoms. The van der Waals surface area contributed by atoms with Gasteiger partial charge in [0.1, 0.15) is 5.03 Å². The van der Waals surface area contributed by atoms with Crippen molar-refractivity contribution in [2.45, 2.75) is 18.0 Å². The van der Waals surface area contributed by atoms with Crippen LogP contribution in [0.5, 0.6) is 5.75 Å². The Kier molecular flexibility index (Phi) is 7.01. The van der Waals surface area contributed by atoms with Crippen LogP contribution in [0.15, 0.2) is 71.2 Å². The topological polar surface area (TPSA) is 68.3 Å². The van der Waals surface area contributed by atoms with Gasteiger partial charge in [0.05, 0.1) is 6.54 Å². The van der Waals surface area contributed by atoms with Gasteiger partial charge in [0.25, 0.3) is 0 Å². The van der Waals surface area contributed by atoms with E-state index in [0.29, 0.717) is 35.1 Å². The van der Waals surface area contributed by atoms with E-state index < -0.39 is 6.09 Å². The van der Waals surface area contributed by atoms with Crippen molar-refractivity contribution in [1.29, 1.82) is 0 Å². The van der Waals surface area contributed by atoms with Crippen LogP contribution in [0.25, 0.3) is 0 Å². The van der Waals surface area contributed by atoms with Crippen molar-refractivity contribution in [3.63, 3.8) is 0 Å². The fourth-order valence-corrected chi connectivity index (χ4v) is 3.79. The zero-order valence-electron chi connectivity index (χ0n) is 14.5. The predicted octanol–water partition coefficient (Wildman–Crippen LogP) is 4.80. The molecular formula is C20H18N2O3S2. The number of nitrogens with one attached hydrogen (secondary N) is 1. The summed E-state index contributed by atoms with van der Waals surface area (Å²) in [7, 11) is 0. The Morgan fingerprint density at radius 1 is 1.07 bits per heavy atom. The van der Waals surface area contributed by atoms with Gasteiger partial charge in [-0.25, -0.2) is 9.78 Å². The number of thioether (sulfide) groups is 1. The molecule has 1 amide bonds. The molecule has 0 atom stereocenters. The maximum atomic E-state index is 12.2.